The summed E-state index contributed by atoms with van der Waals surface area (Å²) in [6.45, 7) is -0.0508. The second kappa shape index (κ2) is 8.37. The SMILES string of the molecule is O=C(NCC(O)C(O)c1cnc2ccccc2n1)OCc1ccccc1. The molecule has 0 spiro atoms. The van der Waals surface area contributed by atoms with Crippen molar-refractivity contribution in [1.82, 2.24) is 15.3 Å². The van der Waals surface area contributed by atoms with Gasteiger partial charge in [0.1, 0.15) is 18.8 Å². The average Bonchev–Trinajstić information content (AvgIpc) is 2.70. The van der Waals surface area contributed by atoms with Crippen molar-refractivity contribution in [3.8, 4) is 0 Å². The summed E-state index contributed by atoms with van der Waals surface area (Å²) in [5.74, 6) is 0. The molecular weight excluding hydrogens is 334 g/mol. The van der Waals surface area contributed by atoms with Gasteiger partial charge in [0.2, 0.25) is 0 Å². The first kappa shape index (κ1) is 17.8. The van der Waals surface area contributed by atoms with E-state index in [0.717, 1.165) is 5.56 Å². The van der Waals surface area contributed by atoms with Gasteiger partial charge in [-0.15, -0.1) is 0 Å². The third kappa shape index (κ3) is 4.53. The van der Waals surface area contributed by atoms with Crippen molar-refractivity contribution >= 4 is 17.1 Å². The van der Waals surface area contributed by atoms with Gasteiger partial charge in [-0.2, -0.15) is 0 Å². The molecule has 1 heterocycles. The number of nitrogens with zero attached hydrogens (tertiary/aromatic N) is 2. The van der Waals surface area contributed by atoms with Gasteiger partial charge in [0.25, 0.3) is 0 Å². The van der Waals surface area contributed by atoms with Gasteiger partial charge in [-0.25, -0.2) is 9.78 Å². The Morgan fingerprint density at radius 2 is 1.73 bits per heavy atom. The van der Waals surface area contributed by atoms with Gasteiger partial charge in [-0.3, -0.25) is 4.98 Å². The molecule has 7 nitrogen and oxygen atoms in total. The number of rotatable bonds is 6. The normalized spacial score (nSPS) is 13.2. The topological polar surface area (TPSA) is 105 Å². The van der Waals surface area contributed by atoms with Crippen LogP contribution < -0.4 is 5.32 Å². The molecule has 0 saturated carbocycles. The molecule has 2 atom stereocenters. The van der Waals surface area contributed by atoms with E-state index in [-0.39, 0.29) is 18.8 Å². The van der Waals surface area contributed by atoms with Gasteiger partial charge < -0.3 is 20.3 Å². The van der Waals surface area contributed by atoms with Crippen molar-refractivity contribution in [3.05, 3.63) is 72.1 Å². The Morgan fingerprint density at radius 1 is 1.04 bits per heavy atom. The Bertz CT molecular complexity index is 873. The number of amides is 1. The van der Waals surface area contributed by atoms with Crippen LogP contribution in [-0.2, 0) is 11.3 Å². The molecule has 0 aliphatic heterocycles. The fourth-order valence-electron chi connectivity index (χ4n) is 2.38. The zero-order chi connectivity index (χ0) is 18.4. The van der Waals surface area contributed by atoms with Gasteiger partial charge in [0.15, 0.2) is 0 Å². The van der Waals surface area contributed by atoms with Crippen molar-refractivity contribution in [2.75, 3.05) is 6.54 Å². The summed E-state index contributed by atoms with van der Waals surface area (Å²) in [7, 11) is 0. The lowest BCUT2D eigenvalue weighted by molar-refractivity contribution is 0.0159. The first-order valence-electron chi connectivity index (χ1n) is 8.16. The third-order valence-electron chi connectivity index (χ3n) is 3.80. The Hall–Kier alpha value is -3.03. The lowest BCUT2D eigenvalue weighted by atomic mass is 10.1. The van der Waals surface area contributed by atoms with Crippen LogP contribution in [0.15, 0.2) is 60.8 Å². The minimum Gasteiger partial charge on any atom is -0.445 e. The minimum atomic E-state index is -1.28. The largest absolute Gasteiger partial charge is 0.445 e. The van der Waals surface area contributed by atoms with E-state index in [4.69, 9.17) is 4.74 Å². The predicted octanol–water partition coefficient (Wildman–Crippen LogP) is 1.95. The Balaban J connectivity index is 1.51. The molecule has 0 fully saturated rings. The van der Waals surface area contributed by atoms with Crippen LogP contribution >= 0.6 is 0 Å². The molecule has 0 aliphatic carbocycles. The number of carbonyl (C=O) groups is 1. The number of alkyl carbamates (subject to hydrolysis) is 1. The van der Waals surface area contributed by atoms with Crippen LogP contribution in [0.2, 0.25) is 0 Å². The number of carbonyl (C=O) groups excluding carboxylic acids is 1. The van der Waals surface area contributed by atoms with Crippen LogP contribution in [0.1, 0.15) is 17.4 Å². The zero-order valence-corrected chi connectivity index (χ0v) is 13.9. The maximum Gasteiger partial charge on any atom is 0.407 e. The second-order valence-corrected chi connectivity index (χ2v) is 5.74. The molecule has 2 unspecified atom stereocenters. The molecule has 0 saturated heterocycles. The van der Waals surface area contributed by atoms with Gasteiger partial charge in [0.05, 0.1) is 22.9 Å². The predicted molar refractivity (Wildman–Crippen MR) is 95.1 cm³/mol. The Kier molecular flexibility index (Phi) is 5.73. The van der Waals surface area contributed by atoms with Crippen LogP contribution in [0.4, 0.5) is 4.79 Å². The highest BCUT2D eigenvalue weighted by Gasteiger charge is 2.21. The van der Waals surface area contributed by atoms with Gasteiger partial charge in [-0.05, 0) is 17.7 Å². The second-order valence-electron chi connectivity index (χ2n) is 5.74. The van der Waals surface area contributed by atoms with E-state index in [2.05, 4.69) is 15.3 Å². The fourth-order valence-corrected chi connectivity index (χ4v) is 2.38. The number of para-hydroxylation sites is 2. The van der Waals surface area contributed by atoms with Crippen molar-refractivity contribution in [2.24, 2.45) is 0 Å². The molecule has 0 aliphatic rings. The van der Waals surface area contributed by atoms with Crippen molar-refractivity contribution < 1.29 is 19.7 Å². The molecule has 0 radical (unpaired) electrons. The summed E-state index contributed by atoms with van der Waals surface area (Å²) in [5.41, 5.74) is 2.40. The number of fused-ring (bicyclic) bond motifs is 1. The van der Waals surface area contributed by atoms with Crippen LogP contribution in [-0.4, -0.2) is 38.9 Å². The molecule has 3 aromatic rings. The molecular formula is C19H19N3O4. The highest BCUT2D eigenvalue weighted by molar-refractivity contribution is 5.73. The van der Waals surface area contributed by atoms with Gasteiger partial charge in [-0.1, -0.05) is 42.5 Å². The monoisotopic (exact) mass is 353 g/mol. The number of aliphatic hydroxyl groups is 2. The lowest BCUT2D eigenvalue weighted by Crippen LogP contribution is -2.36. The highest BCUT2D eigenvalue weighted by atomic mass is 16.5. The number of ether oxygens (including phenoxy) is 1. The maximum atomic E-state index is 11.7. The molecule has 2 aromatic carbocycles. The molecule has 134 valence electrons. The highest BCUT2D eigenvalue weighted by Crippen LogP contribution is 2.17. The van der Waals surface area contributed by atoms with E-state index < -0.39 is 18.3 Å². The van der Waals surface area contributed by atoms with E-state index in [9.17, 15) is 15.0 Å². The average molecular weight is 353 g/mol. The van der Waals surface area contributed by atoms with E-state index in [1.54, 1.807) is 12.1 Å². The first-order valence-corrected chi connectivity index (χ1v) is 8.16. The lowest BCUT2D eigenvalue weighted by Gasteiger charge is -2.18. The van der Waals surface area contributed by atoms with Crippen LogP contribution in [0.25, 0.3) is 11.0 Å². The van der Waals surface area contributed by atoms with Crippen molar-refractivity contribution in [2.45, 2.75) is 18.8 Å². The van der Waals surface area contributed by atoms with Crippen LogP contribution in [0.3, 0.4) is 0 Å². The summed E-state index contributed by atoms with van der Waals surface area (Å²) in [6.07, 6.45) is -1.79. The molecule has 1 aromatic heterocycles. The number of aromatic nitrogens is 2. The molecule has 1 amide bonds. The Morgan fingerprint density at radius 3 is 2.50 bits per heavy atom. The fraction of sp³-hybridized carbons (Fsp3) is 0.211. The smallest absolute Gasteiger partial charge is 0.407 e. The van der Waals surface area contributed by atoms with E-state index in [1.807, 2.05) is 42.5 Å². The maximum absolute atomic E-state index is 11.7. The number of aliphatic hydroxyl groups excluding tert-OH is 2. The number of nitrogens with one attached hydrogen (secondary N) is 1. The standard InChI is InChI=1S/C19H19N3O4/c23-17(11-21-19(25)26-12-13-6-2-1-3-7-13)18(24)16-10-20-14-8-4-5-9-15(14)22-16/h1-10,17-18,23-24H,11-12H2,(H,21,25). The summed E-state index contributed by atoms with van der Waals surface area (Å²) < 4.78 is 5.05. The quantitative estimate of drug-likeness (QED) is 0.626. The van der Waals surface area contributed by atoms with Crippen LogP contribution in [0.5, 0.6) is 0 Å². The van der Waals surface area contributed by atoms with Gasteiger partial charge >= 0.3 is 6.09 Å². The van der Waals surface area contributed by atoms with E-state index >= 15 is 0 Å². The van der Waals surface area contributed by atoms with Crippen molar-refractivity contribution in [3.63, 3.8) is 0 Å². The zero-order valence-electron chi connectivity index (χ0n) is 13.9. The first-order chi connectivity index (χ1) is 12.6. The summed E-state index contributed by atoms with van der Waals surface area (Å²) in [5, 5.41) is 22.7. The van der Waals surface area contributed by atoms with E-state index in [0.29, 0.717) is 11.0 Å². The minimum absolute atomic E-state index is 0.126. The van der Waals surface area contributed by atoms with Crippen LogP contribution in [0, 0.1) is 0 Å². The molecule has 7 heteroatoms. The molecule has 3 rings (SSSR count). The van der Waals surface area contributed by atoms with Gasteiger partial charge in [0, 0.05) is 6.54 Å². The van der Waals surface area contributed by atoms with E-state index in [1.165, 1.54) is 6.20 Å². The number of benzene rings is 2. The van der Waals surface area contributed by atoms with Crippen molar-refractivity contribution in [1.29, 1.82) is 0 Å². The third-order valence-corrected chi connectivity index (χ3v) is 3.80. The Labute approximate surface area is 150 Å². The molecule has 0 bridgehead atoms. The summed E-state index contributed by atoms with van der Waals surface area (Å²) >= 11 is 0. The molecule has 3 N–H and O–H groups in total. The number of hydrogen-bond acceptors (Lipinski definition) is 6. The summed E-state index contributed by atoms with van der Waals surface area (Å²) in [4.78, 5) is 20.2. The summed E-state index contributed by atoms with van der Waals surface area (Å²) in [6, 6.07) is 16.5. The number of hydrogen-bond donors (Lipinski definition) is 3. The molecule has 26 heavy (non-hydrogen) atoms.